The van der Waals surface area contributed by atoms with Crippen LogP contribution < -0.4 is 5.56 Å². The highest BCUT2D eigenvalue weighted by molar-refractivity contribution is 7.71. The zero-order valence-corrected chi connectivity index (χ0v) is 16.1. The van der Waals surface area contributed by atoms with Crippen molar-refractivity contribution in [3.8, 4) is 11.4 Å². The van der Waals surface area contributed by atoms with E-state index in [1.54, 1.807) is 16.7 Å². The van der Waals surface area contributed by atoms with Crippen LogP contribution in [0.5, 0.6) is 0 Å². The summed E-state index contributed by atoms with van der Waals surface area (Å²) in [4.78, 5) is 35.1. The van der Waals surface area contributed by atoms with E-state index in [2.05, 4.69) is 0 Å². The average Bonchev–Trinajstić information content (AvgIpc) is 2.74. The van der Waals surface area contributed by atoms with E-state index in [0.717, 1.165) is 0 Å². The van der Waals surface area contributed by atoms with Crippen LogP contribution in [0.15, 0.2) is 77.6 Å². The molecule has 148 valence electrons. The second kappa shape index (κ2) is 7.37. The number of para-hydroxylation sites is 1. The lowest BCUT2D eigenvalue weighted by Crippen LogP contribution is -2.24. The number of fused-ring (bicyclic) bond motifs is 1. The molecule has 0 radical (unpaired) electrons. The number of rotatable bonds is 4. The number of hydrogen-bond donors (Lipinski definition) is 1. The number of non-ortho nitro benzene ring substituents is 1. The normalized spacial score (nSPS) is 10.8. The van der Waals surface area contributed by atoms with Gasteiger partial charge in [-0.3, -0.25) is 24.0 Å². The lowest BCUT2D eigenvalue weighted by molar-refractivity contribution is -0.384. The minimum absolute atomic E-state index is 0.0603. The van der Waals surface area contributed by atoms with Crippen molar-refractivity contribution in [1.82, 2.24) is 9.13 Å². The van der Waals surface area contributed by atoms with Crippen molar-refractivity contribution in [2.75, 3.05) is 0 Å². The number of nitro benzene ring substituents is 1. The van der Waals surface area contributed by atoms with E-state index in [0.29, 0.717) is 16.9 Å². The molecule has 0 atom stereocenters. The van der Waals surface area contributed by atoms with Crippen LogP contribution in [0.25, 0.3) is 22.3 Å². The van der Waals surface area contributed by atoms with Gasteiger partial charge >= 0.3 is 5.97 Å². The molecule has 0 unspecified atom stereocenters. The first-order chi connectivity index (χ1) is 14.4. The SMILES string of the molecule is O=C(O)c1ccc(-n2c(=O)c3cc([N+](=O)[O-])ccc3n(-c3ccccc3)c2=S)cc1. The number of nitrogens with zero attached hydrogens (tertiary/aromatic N) is 3. The Morgan fingerprint density at radius 2 is 1.57 bits per heavy atom. The predicted octanol–water partition coefficient (Wildman–Crippen LogP) is 4.12. The number of benzene rings is 3. The average molecular weight is 419 g/mol. The highest BCUT2D eigenvalue weighted by Gasteiger charge is 2.17. The lowest BCUT2D eigenvalue weighted by atomic mass is 10.2. The third-order valence-corrected chi connectivity index (χ3v) is 5.00. The van der Waals surface area contributed by atoms with E-state index in [9.17, 15) is 19.7 Å². The van der Waals surface area contributed by atoms with Crippen LogP contribution in [0.3, 0.4) is 0 Å². The van der Waals surface area contributed by atoms with Gasteiger partial charge in [0.15, 0.2) is 4.77 Å². The fraction of sp³-hybridized carbons (Fsp3) is 0. The number of aromatic nitrogens is 2. The summed E-state index contributed by atoms with van der Waals surface area (Å²) in [7, 11) is 0. The van der Waals surface area contributed by atoms with Crippen molar-refractivity contribution in [1.29, 1.82) is 0 Å². The van der Waals surface area contributed by atoms with Gasteiger partial charge in [-0.2, -0.15) is 0 Å². The Labute approximate surface area is 174 Å². The van der Waals surface area contributed by atoms with Gasteiger partial charge in [0.2, 0.25) is 0 Å². The molecule has 9 heteroatoms. The molecule has 0 saturated heterocycles. The summed E-state index contributed by atoms with van der Waals surface area (Å²) in [6.45, 7) is 0. The largest absolute Gasteiger partial charge is 0.478 e. The summed E-state index contributed by atoms with van der Waals surface area (Å²) in [5.41, 5.74) is 0.772. The molecule has 0 aliphatic carbocycles. The summed E-state index contributed by atoms with van der Waals surface area (Å²) in [6.07, 6.45) is 0. The minimum Gasteiger partial charge on any atom is -0.478 e. The van der Waals surface area contributed by atoms with Crippen molar-refractivity contribution in [2.24, 2.45) is 0 Å². The van der Waals surface area contributed by atoms with Crippen LogP contribution in [0.1, 0.15) is 10.4 Å². The zero-order valence-electron chi connectivity index (χ0n) is 15.3. The Hall–Kier alpha value is -4.11. The maximum Gasteiger partial charge on any atom is 0.335 e. The Morgan fingerprint density at radius 1 is 0.933 bits per heavy atom. The second-order valence-electron chi connectivity index (χ2n) is 6.40. The number of nitro groups is 1. The fourth-order valence-electron chi connectivity index (χ4n) is 3.22. The predicted molar refractivity (Wildman–Crippen MR) is 113 cm³/mol. The molecule has 0 bridgehead atoms. The van der Waals surface area contributed by atoms with Crippen LogP contribution in [-0.4, -0.2) is 25.1 Å². The van der Waals surface area contributed by atoms with Gasteiger partial charge in [-0.1, -0.05) is 18.2 Å². The van der Waals surface area contributed by atoms with Crippen molar-refractivity contribution < 1.29 is 14.8 Å². The van der Waals surface area contributed by atoms with Crippen LogP contribution >= 0.6 is 12.2 Å². The van der Waals surface area contributed by atoms with Gasteiger partial charge in [0.05, 0.1) is 27.1 Å². The van der Waals surface area contributed by atoms with Gasteiger partial charge in [0, 0.05) is 17.8 Å². The molecular formula is C21H13N3O5S. The maximum atomic E-state index is 13.3. The first-order valence-electron chi connectivity index (χ1n) is 8.74. The molecular weight excluding hydrogens is 406 g/mol. The quantitative estimate of drug-likeness (QED) is 0.303. The molecule has 0 amide bonds. The summed E-state index contributed by atoms with van der Waals surface area (Å²) in [6, 6.07) is 18.8. The fourth-order valence-corrected chi connectivity index (χ4v) is 3.61. The molecule has 4 aromatic rings. The molecule has 30 heavy (non-hydrogen) atoms. The van der Waals surface area contributed by atoms with Gasteiger partial charge < -0.3 is 5.11 Å². The van der Waals surface area contributed by atoms with Crippen LogP contribution in [0.4, 0.5) is 5.69 Å². The monoisotopic (exact) mass is 419 g/mol. The van der Waals surface area contributed by atoms with Crippen LogP contribution in [0, 0.1) is 14.9 Å². The summed E-state index contributed by atoms with van der Waals surface area (Å²) in [5.74, 6) is -1.10. The van der Waals surface area contributed by atoms with Crippen molar-refractivity contribution in [3.05, 3.63) is 104 Å². The highest BCUT2D eigenvalue weighted by atomic mass is 32.1. The topological polar surface area (TPSA) is 107 Å². The van der Waals surface area contributed by atoms with Gasteiger partial charge in [-0.15, -0.1) is 0 Å². The molecule has 0 aliphatic heterocycles. The summed E-state index contributed by atoms with van der Waals surface area (Å²) >= 11 is 5.62. The Kier molecular flexibility index (Phi) is 4.72. The van der Waals surface area contributed by atoms with Crippen molar-refractivity contribution >= 4 is 34.8 Å². The standard InChI is InChI=1S/C21H13N3O5S/c25-19-17-12-16(24(28)29)10-11-18(17)22(14-4-2-1-3-5-14)21(30)23(19)15-8-6-13(7-9-15)20(26)27/h1-12H,(H,26,27). The van der Waals surface area contributed by atoms with E-state index in [1.165, 1.54) is 47.0 Å². The zero-order chi connectivity index (χ0) is 21.4. The minimum atomic E-state index is -1.10. The number of aromatic carboxylic acids is 1. The molecule has 0 fully saturated rings. The number of carboxylic acid groups (broad SMARTS) is 1. The Bertz CT molecular complexity index is 1420. The van der Waals surface area contributed by atoms with Crippen LogP contribution in [-0.2, 0) is 0 Å². The van der Waals surface area contributed by atoms with E-state index in [4.69, 9.17) is 17.3 Å². The lowest BCUT2D eigenvalue weighted by Gasteiger charge is -2.16. The molecule has 0 saturated carbocycles. The van der Waals surface area contributed by atoms with Gasteiger partial charge in [0.25, 0.3) is 11.2 Å². The molecule has 0 aliphatic rings. The summed E-state index contributed by atoms with van der Waals surface area (Å²) in [5, 5.41) is 20.5. The second-order valence-corrected chi connectivity index (χ2v) is 6.77. The number of carbonyl (C=O) groups is 1. The third kappa shape index (κ3) is 3.16. The van der Waals surface area contributed by atoms with Crippen LogP contribution in [0.2, 0.25) is 0 Å². The first kappa shape index (κ1) is 19.2. The molecule has 0 spiro atoms. The molecule has 1 heterocycles. The molecule has 1 N–H and O–H groups in total. The first-order valence-corrected chi connectivity index (χ1v) is 9.14. The maximum absolute atomic E-state index is 13.3. The van der Waals surface area contributed by atoms with Crippen molar-refractivity contribution in [2.45, 2.75) is 0 Å². The molecule has 4 rings (SSSR count). The van der Waals surface area contributed by atoms with Gasteiger partial charge in [0.1, 0.15) is 0 Å². The van der Waals surface area contributed by atoms with E-state index < -0.39 is 16.5 Å². The Morgan fingerprint density at radius 3 is 2.17 bits per heavy atom. The van der Waals surface area contributed by atoms with Gasteiger partial charge in [-0.25, -0.2) is 4.79 Å². The highest BCUT2D eigenvalue weighted by Crippen LogP contribution is 2.23. The van der Waals surface area contributed by atoms with Crippen molar-refractivity contribution in [3.63, 3.8) is 0 Å². The van der Waals surface area contributed by atoms with E-state index in [-0.39, 0.29) is 21.4 Å². The van der Waals surface area contributed by atoms with E-state index in [1.807, 2.05) is 18.2 Å². The number of carboxylic acids is 1. The third-order valence-electron chi connectivity index (χ3n) is 4.63. The van der Waals surface area contributed by atoms with E-state index >= 15 is 0 Å². The molecule has 8 nitrogen and oxygen atoms in total. The Balaban J connectivity index is 2.12. The number of hydrogen-bond acceptors (Lipinski definition) is 5. The molecule has 1 aromatic heterocycles. The summed E-state index contributed by atoms with van der Waals surface area (Å²) < 4.78 is 3.04. The molecule has 3 aromatic carbocycles. The van der Waals surface area contributed by atoms with Gasteiger partial charge in [-0.05, 0) is 54.7 Å². The smallest absolute Gasteiger partial charge is 0.335 e.